The molecule has 1 aliphatic heterocycles. The molecule has 1 fully saturated rings. The van der Waals surface area contributed by atoms with Gasteiger partial charge in [0.2, 0.25) is 0 Å². The zero-order valence-electron chi connectivity index (χ0n) is 11.2. The fourth-order valence-electron chi connectivity index (χ4n) is 2.14. The highest BCUT2D eigenvalue weighted by atomic mass is 32.2. The molecule has 102 valence electrons. The van der Waals surface area contributed by atoms with E-state index >= 15 is 0 Å². The summed E-state index contributed by atoms with van der Waals surface area (Å²) in [5.74, 6) is 2.48. The zero-order valence-corrected chi connectivity index (χ0v) is 12.8. The molecule has 1 aromatic carbocycles. The van der Waals surface area contributed by atoms with Crippen LogP contribution in [0.1, 0.15) is 5.56 Å². The Balaban J connectivity index is 1.90. The number of nitrogens with zero attached hydrogens (tertiary/aromatic N) is 2. The number of nitrogens with one attached hydrogen (secondary N) is 1. The summed E-state index contributed by atoms with van der Waals surface area (Å²) in [6, 6.07) is 8.30. The highest BCUT2D eigenvalue weighted by molar-refractivity contribution is 7.99. The van der Waals surface area contributed by atoms with Gasteiger partial charge in [-0.1, -0.05) is 6.07 Å². The van der Waals surface area contributed by atoms with Crippen molar-refractivity contribution in [3.8, 4) is 6.07 Å². The van der Waals surface area contributed by atoms with E-state index in [1.807, 2.05) is 36.2 Å². The van der Waals surface area contributed by atoms with Crippen LogP contribution >= 0.6 is 23.5 Å². The van der Waals surface area contributed by atoms with Crippen molar-refractivity contribution in [1.29, 1.82) is 5.26 Å². The molecule has 0 saturated carbocycles. The minimum absolute atomic E-state index is 0.768. The molecule has 1 aromatic rings. The third-order valence-corrected chi connectivity index (χ3v) is 4.93. The largest absolute Gasteiger partial charge is 0.383 e. The van der Waals surface area contributed by atoms with Crippen LogP contribution in [-0.2, 0) is 0 Å². The van der Waals surface area contributed by atoms with Crippen LogP contribution in [0.4, 0.5) is 5.69 Å². The monoisotopic (exact) mass is 293 g/mol. The summed E-state index contributed by atoms with van der Waals surface area (Å²) in [4.78, 5) is 3.52. The third kappa shape index (κ3) is 4.07. The van der Waals surface area contributed by atoms with E-state index in [4.69, 9.17) is 0 Å². The third-order valence-electron chi connectivity index (χ3n) is 3.21. The fourth-order valence-corrected chi connectivity index (χ4v) is 3.69. The molecule has 19 heavy (non-hydrogen) atoms. The lowest BCUT2D eigenvalue weighted by Gasteiger charge is -2.26. The van der Waals surface area contributed by atoms with Crippen molar-refractivity contribution in [3.63, 3.8) is 0 Å². The van der Waals surface area contributed by atoms with E-state index in [-0.39, 0.29) is 0 Å². The Morgan fingerprint density at radius 1 is 1.42 bits per heavy atom. The molecule has 0 amide bonds. The van der Waals surface area contributed by atoms with Gasteiger partial charge in [-0.25, -0.2) is 0 Å². The Bertz CT molecular complexity index is 450. The molecule has 0 atom stereocenters. The maximum atomic E-state index is 9.26. The average molecular weight is 293 g/mol. The molecule has 1 heterocycles. The molecular formula is C14H19N3S2. The van der Waals surface area contributed by atoms with Crippen molar-refractivity contribution in [3.05, 3.63) is 23.8 Å². The maximum absolute atomic E-state index is 9.26. The standard InChI is InChI=1S/C14H19N3S2/c1-18-14-4-2-3-13(12(14)11-15)16-5-6-17-7-9-19-10-8-17/h2-4,16H,5-10H2,1H3. The topological polar surface area (TPSA) is 39.1 Å². The first-order valence-electron chi connectivity index (χ1n) is 6.46. The molecule has 2 rings (SSSR count). The van der Waals surface area contributed by atoms with Crippen LogP contribution in [0.15, 0.2) is 23.1 Å². The first-order chi connectivity index (χ1) is 9.35. The predicted molar refractivity (Wildman–Crippen MR) is 85.2 cm³/mol. The van der Waals surface area contributed by atoms with Crippen LogP contribution in [-0.4, -0.2) is 48.8 Å². The number of anilines is 1. The number of benzene rings is 1. The molecule has 0 aromatic heterocycles. The van der Waals surface area contributed by atoms with Gasteiger partial charge >= 0.3 is 0 Å². The second-order valence-corrected chi connectivity index (χ2v) is 6.45. The average Bonchev–Trinajstić information content (AvgIpc) is 2.48. The summed E-state index contributed by atoms with van der Waals surface area (Å²) >= 11 is 3.65. The van der Waals surface area contributed by atoms with Crippen molar-refractivity contribution in [1.82, 2.24) is 4.90 Å². The van der Waals surface area contributed by atoms with Gasteiger partial charge in [-0.3, -0.25) is 4.90 Å². The van der Waals surface area contributed by atoms with Gasteiger partial charge in [0.25, 0.3) is 0 Å². The minimum atomic E-state index is 0.768. The Hall–Kier alpha value is -0.830. The van der Waals surface area contributed by atoms with Gasteiger partial charge in [-0.2, -0.15) is 17.0 Å². The van der Waals surface area contributed by atoms with Gasteiger partial charge in [-0.05, 0) is 18.4 Å². The first-order valence-corrected chi connectivity index (χ1v) is 8.84. The number of thioether (sulfide) groups is 2. The molecule has 1 saturated heterocycles. The van der Waals surface area contributed by atoms with Crippen LogP contribution in [0.3, 0.4) is 0 Å². The molecule has 0 radical (unpaired) electrons. The van der Waals surface area contributed by atoms with Crippen molar-refractivity contribution in [2.75, 3.05) is 49.3 Å². The second kappa shape index (κ2) is 7.68. The van der Waals surface area contributed by atoms with E-state index in [9.17, 15) is 5.26 Å². The molecule has 1 N–H and O–H groups in total. The summed E-state index contributed by atoms with van der Waals surface area (Å²) in [7, 11) is 0. The van der Waals surface area contributed by atoms with Crippen molar-refractivity contribution in [2.45, 2.75) is 4.90 Å². The van der Waals surface area contributed by atoms with Gasteiger partial charge in [0.15, 0.2) is 0 Å². The first kappa shape index (κ1) is 14.6. The number of rotatable bonds is 5. The van der Waals surface area contributed by atoms with Crippen LogP contribution in [0, 0.1) is 11.3 Å². The highest BCUT2D eigenvalue weighted by Gasteiger charge is 2.10. The summed E-state index contributed by atoms with van der Waals surface area (Å²) in [5, 5.41) is 12.7. The lowest BCUT2D eigenvalue weighted by Crippen LogP contribution is -2.36. The molecule has 0 spiro atoms. The maximum Gasteiger partial charge on any atom is 0.102 e. The molecule has 3 nitrogen and oxygen atoms in total. The van der Waals surface area contributed by atoms with E-state index in [0.717, 1.165) is 29.2 Å². The predicted octanol–water partition coefficient (Wildman–Crippen LogP) is 2.74. The molecule has 5 heteroatoms. The van der Waals surface area contributed by atoms with E-state index < -0.39 is 0 Å². The molecule has 0 unspecified atom stereocenters. The number of hydrogen-bond donors (Lipinski definition) is 1. The molecule has 0 aliphatic carbocycles. The highest BCUT2D eigenvalue weighted by Crippen LogP contribution is 2.26. The van der Waals surface area contributed by atoms with E-state index in [1.165, 1.54) is 24.6 Å². The van der Waals surface area contributed by atoms with Gasteiger partial charge in [0.1, 0.15) is 6.07 Å². The van der Waals surface area contributed by atoms with E-state index in [0.29, 0.717) is 0 Å². The Labute approximate surface area is 123 Å². The van der Waals surface area contributed by atoms with Gasteiger partial charge in [0.05, 0.1) is 11.3 Å². The summed E-state index contributed by atoms with van der Waals surface area (Å²) in [6.07, 6.45) is 2.01. The second-order valence-electron chi connectivity index (χ2n) is 4.38. The van der Waals surface area contributed by atoms with Crippen LogP contribution in [0.25, 0.3) is 0 Å². The SMILES string of the molecule is CSc1cccc(NCCN2CCSCC2)c1C#N. The molecular weight excluding hydrogens is 274 g/mol. The quantitative estimate of drug-likeness (QED) is 0.845. The summed E-state index contributed by atoms with van der Waals surface area (Å²) < 4.78 is 0. The normalized spacial score (nSPS) is 16.0. The van der Waals surface area contributed by atoms with Gasteiger partial charge in [-0.15, -0.1) is 11.8 Å². The number of nitriles is 1. The molecule has 1 aliphatic rings. The van der Waals surface area contributed by atoms with E-state index in [2.05, 4.69) is 16.3 Å². The minimum Gasteiger partial charge on any atom is -0.383 e. The summed E-state index contributed by atoms with van der Waals surface area (Å²) in [6.45, 7) is 4.32. The van der Waals surface area contributed by atoms with Crippen LogP contribution in [0.5, 0.6) is 0 Å². The van der Waals surface area contributed by atoms with Crippen LogP contribution in [0.2, 0.25) is 0 Å². The van der Waals surface area contributed by atoms with Gasteiger partial charge in [0, 0.05) is 42.6 Å². The van der Waals surface area contributed by atoms with Crippen molar-refractivity contribution in [2.24, 2.45) is 0 Å². The Morgan fingerprint density at radius 2 is 2.21 bits per heavy atom. The lowest BCUT2D eigenvalue weighted by atomic mass is 10.2. The Kier molecular flexibility index (Phi) is 5.90. The van der Waals surface area contributed by atoms with Crippen molar-refractivity contribution < 1.29 is 0 Å². The van der Waals surface area contributed by atoms with Crippen LogP contribution < -0.4 is 5.32 Å². The van der Waals surface area contributed by atoms with E-state index in [1.54, 1.807) is 11.8 Å². The fraction of sp³-hybridized carbons (Fsp3) is 0.500. The Morgan fingerprint density at radius 3 is 2.89 bits per heavy atom. The zero-order chi connectivity index (χ0) is 13.5. The van der Waals surface area contributed by atoms with Gasteiger partial charge < -0.3 is 5.32 Å². The lowest BCUT2D eigenvalue weighted by molar-refractivity contribution is 0.314. The summed E-state index contributed by atoms with van der Waals surface area (Å²) in [5.41, 5.74) is 1.73. The van der Waals surface area contributed by atoms with Crippen molar-refractivity contribution >= 4 is 29.2 Å². The smallest absolute Gasteiger partial charge is 0.102 e. The molecule has 0 bridgehead atoms. The number of hydrogen-bond acceptors (Lipinski definition) is 5.